The fraction of sp³-hybridized carbons (Fsp3) is 0.444. The Morgan fingerprint density at radius 1 is 1.38 bits per heavy atom. The van der Waals surface area contributed by atoms with E-state index in [0.29, 0.717) is 6.42 Å². The van der Waals surface area contributed by atoms with E-state index in [1.54, 1.807) is 30.4 Å². The predicted octanol–water partition coefficient (Wildman–Crippen LogP) is 2.26. The third-order valence-corrected chi connectivity index (χ3v) is 2.47. The van der Waals surface area contributed by atoms with Gasteiger partial charge >= 0.3 is 0 Å². The van der Waals surface area contributed by atoms with E-state index in [1.807, 2.05) is 0 Å². The molecule has 1 aromatic heterocycles. The van der Waals surface area contributed by atoms with E-state index in [2.05, 4.69) is 16.0 Å². The lowest BCUT2D eigenvalue weighted by Gasteiger charge is -1.97. The summed E-state index contributed by atoms with van der Waals surface area (Å²) in [5.41, 5.74) is 0. The molecule has 1 rings (SSSR count). The summed E-state index contributed by atoms with van der Waals surface area (Å²) in [6.45, 7) is 0. The Morgan fingerprint density at radius 3 is 3.00 bits per heavy atom. The van der Waals surface area contributed by atoms with Crippen LogP contribution in [0.3, 0.4) is 0 Å². The van der Waals surface area contributed by atoms with Gasteiger partial charge in [-0.3, -0.25) is 4.98 Å². The minimum Gasteiger partial charge on any atom is -0.260 e. The molecule has 1 aromatic rings. The first-order valence-corrected chi connectivity index (χ1v) is 5.18. The molecule has 0 spiro atoms. The summed E-state index contributed by atoms with van der Waals surface area (Å²) < 4.78 is 0. The molecule has 13 heavy (non-hydrogen) atoms. The molecule has 0 saturated carbocycles. The highest BCUT2D eigenvalue weighted by Crippen LogP contribution is 2.14. The average Bonchev–Trinajstić information content (AvgIpc) is 2.19. The molecule has 0 aliphatic rings. The Hall–Kier alpha value is -1.08. The van der Waals surface area contributed by atoms with Gasteiger partial charge in [-0.15, -0.1) is 11.8 Å². The SMILES string of the molecule is N#CCCCCSc1cnccn1. The predicted molar refractivity (Wildman–Crippen MR) is 52.2 cm³/mol. The molecule has 1 heterocycles. The molecule has 0 atom stereocenters. The molecule has 0 fully saturated rings. The van der Waals surface area contributed by atoms with Crippen molar-refractivity contribution in [3.05, 3.63) is 18.6 Å². The van der Waals surface area contributed by atoms with E-state index >= 15 is 0 Å². The Labute approximate surface area is 82.2 Å². The fourth-order valence-corrected chi connectivity index (χ4v) is 1.67. The highest BCUT2D eigenvalue weighted by atomic mass is 32.2. The molecule has 0 amide bonds. The molecular formula is C9H11N3S. The number of hydrogen-bond acceptors (Lipinski definition) is 4. The van der Waals surface area contributed by atoms with Gasteiger partial charge in [0.2, 0.25) is 0 Å². The van der Waals surface area contributed by atoms with Crippen LogP contribution in [0.1, 0.15) is 19.3 Å². The lowest BCUT2D eigenvalue weighted by molar-refractivity contribution is 0.829. The topological polar surface area (TPSA) is 49.6 Å². The van der Waals surface area contributed by atoms with Crippen molar-refractivity contribution in [3.63, 3.8) is 0 Å². The maximum atomic E-state index is 8.30. The van der Waals surface area contributed by atoms with E-state index in [1.165, 1.54) is 0 Å². The highest BCUT2D eigenvalue weighted by molar-refractivity contribution is 7.99. The quantitative estimate of drug-likeness (QED) is 0.531. The van der Waals surface area contributed by atoms with Crippen molar-refractivity contribution in [2.24, 2.45) is 0 Å². The van der Waals surface area contributed by atoms with E-state index in [0.717, 1.165) is 23.6 Å². The first-order valence-electron chi connectivity index (χ1n) is 4.19. The summed E-state index contributed by atoms with van der Waals surface area (Å²) in [7, 11) is 0. The van der Waals surface area contributed by atoms with Crippen molar-refractivity contribution in [3.8, 4) is 6.07 Å². The lowest BCUT2D eigenvalue weighted by atomic mass is 10.3. The zero-order chi connectivity index (χ0) is 9.36. The number of nitrogens with zero attached hydrogens (tertiary/aromatic N) is 3. The van der Waals surface area contributed by atoms with Crippen molar-refractivity contribution in [2.75, 3.05) is 5.75 Å². The van der Waals surface area contributed by atoms with Crippen molar-refractivity contribution in [1.82, 2.24) is 9.97 Å². The molecule has 0 N–H and O–H groups in total. The van der Waals surface area contributed by atoms with Crippen LogP contribution in [0.2, 0.25) is 0 Å². The Bertz CT molecular complexity index is 268. The normalized spacial score (nSPS) is 9.46. The van der Waals surface area contributed by atoms with Gasteiger partial charge in [0, 0.05) is 18.8 Å². The molecule has 0 saturated heterocycles. The lowest BCUT2D eigenvalue weighted by Crippen LogP contribution is -1.84. The van der Waals surface area contributed by atoms with E-state index in [-0.39, 0.29) is 0 Å². The van der Waals surface area contributed by atoms with E-state index < -0.39 is 0 Å². The van der Waals surface area contributed by atoms with Crippen LogP contribution in [0.15, 0.2) is 23.6 Å². The summed E-state index contributed by atoms with van der Waals surface area (Å²) in [5, 5.41) is 9.26. The largest absolute Gasteiger partial charge is 0.260 e. The van der Waals surface area contributed by atoms with Gasteiger partial charge in [-0.05, 0) is 18.6 Å². The minimum absolute atomic E-state index is 0.654. The van der Waals surface area contributed by atoms with Crippen LogP contribution in [-0.2, 0) is 0 Å². The fourth-order valence-electron chi connectivity index (χ4n) is 0.843. The number of rotatable bonds is 5. The molecule has 68 valence electrons. The molecule has 0 radical (unpaired) electrons. The van der Waals surface area contributed by atoms with Crippen LogP contribution >= 0.6 is 11.8 Å². The van der Waals surface area contributed by atoms with Crippen molar-refractivity contribution < 1.29 is 0 Å². The zero-order valence-electron chi connectivity index (χ0n) is 7.31. The molecular weight excluding hydrogens is 182 g/mol. The van der Waals surface area contributed by atoms with Gasteiger partial charge in [0.25, 0.3) is 0 Å². The second-order valence-corrected chi connectivity index (χ2v) is 3.62. The Balaban J connectivity index is 2.11. The van der Waals surface area contributed by atoms with E-state index in [4.69, 9.17) is 5.26 Å². The average molecular weight is 193 g/mol. The second kappa shape index (κ2) is 6.44. The number of unbranched alkanes of at least 4 members (excludes halogenated alkanes) is 2. The third-order valence-electron chi connectivity index (χ3n) is 1.47. The maximum absolute atomic E-state index is 8.30. The number of hydrogen-bond donors (Lipinski definition) is 0. The molecule has 0 aliphatic heterocycles. The van der Waals surface area contributed by atoms with Crippen LogP contribution in [0.5, 0.6) is 0 Å². The van der Waals surface area contributed by atoms with Gasteiger partial charge in [0.1, 0.15) is 5.03 Å². The first kappa shape index (κ1) is 10.0. The number of aromatic nitrogens is 2. The highest BCUT2D eigenvalue weighted by Gasteiger charge is 1.93. The molecule has 4 heteroatoms. The molecule has 0 unspecified atom stereocenters. The summed E-state index contributed by atoms with van der Waals surface area (Å²) in [6.07, 6.45) is 7.81. The van der Waals surface area contributed by atoms with Gasteiger partial charge < -0.3 is 0 Å². The van der Waals surface area contributed by atoms with Crippen LogP contribution in [-0.4, -0.2) is 15.7 Å². The first-order chi connectivity index (χ1) is 6.43. The van der Waals surface area contributed by atoms with Crippen molar-refractivity contribution in [2.45, 2.75) is 24.3 Å². The van der Waals surface area contributed by atoms with Gasteiger partial charge in [-0.2, -0.15) is 5.26 Å². The summed E-state index contributed by atoms with van der Waals surface area (Å²) >= 11 is 1.69. The van der Waals surface area contributed by atoms with Crippen LogP contribution in [0.4, 0.5) is 0 Å². The summed E-state index contributed by atoms with van der Waals surface area (Å²) in [4.78, 5) is 8.10. The van der Waals surface area contributed by atoms with Crippen molar-refractivity contribution in [1.29, 1.82) is 5.26 Å². The number of thioether (sulfide) groups is 1. The van der Waals surface area contributed by atoms with Gasteiger partial charge in [-0.1, -0.05) is 0 Å². The zero-order valence-corrected chi connectivity index (χ0v) is 8.13. The van der Waals surface area contributed by atoms with Gasteiger partial charge in [-0.25, -0.2) is 4.98 Å². The Morgan fingerprint density at radius 2 is 2.31 bits per heavy atom. The van der Waals surface area contributed by atoms with Crippen molar-refractivity contribution >= 4 is 11.8 Å². The summed E-state index contributed by atoms with van der Waals surface area (Å²) in [6, 6.07) is 2.13. The third kappa shape index (κ3) is 4.48. The van der Waals surface area contributed by atoms with E-state index in [9.17, 15) is 0 Å². The smallest absolute Gasteiger partial charge is 0.114 e. The molecule has 0 aliphatic carbocycles. The summed E-state index contributed by atoms with van der Waals surface area (Å²) in [5.74, 6) is 1.01. The van der Waals surface area contributed by atoms with Crippen LogP contribution in [0, 0.1) is 11.3 Å². The molecule has 3 nitrogen and oxygen atoms in total. The molecule has 0 aromatic carbocycles. The monoisotopic (exact) mass is 193 g/mol. The van der Waals surface area contributed by atoms with Crippen LogP contribution in [0.25, 0.3) is 0 Å². The van der Waals surface area contributed by atoms with Gasteiger partial charge in [0.15, 0.2) is 0 Å². The van der Waals surface area contributed by atoms with Crippen LogP contribution < -0.4 is 0 Å². The molecule has 0 bridgehead atoms. The second-order valence-electron chi connectivity index (χ2n) is 2.51. The maximum Gasteiger partial charge on any atom is 0.114 e. The standard InChI is InChI=1S/C9H11N3S/c10-4-2-1-3-7-13-9-8-11-5-6-12-9/h5-6,8H,1-3,7H2. The Kier molecular flexibility index (Phi) is 4.95. The minimum atomic E-state index is 0.654. The van der Waals surface area contributed by atoms with Gasteiger partial charge in [0.05, 0.1) is 12.3 Å². The number of nitriles is 1.